The van der Waals surface area contributed by atoms with Gasteiger partial charge < -0.3 is 14.2 Å². The predicted molar refractivity (Wildman–Crippen MR) is 70.7 cm³/mol. The van der Waals surface area contributed by atoms with Crippen molar-refractivity contribution in [1.82, 2.24) is 0 Å². The normalized spacial score (nSPS) is 26.4. The van der Waals surface area contributed by atoms with E-state index in [2.05, 4.69) is 23.8 Å². The Morgan fingerprint density at radius 3 is 2.89 bits per heavy atom. The average Bonchev–Trinajstić information content (AvgIpc) is 2.73. The van der Waals surface area contributed by atoms with Gasteiger partial charge in [-0.05, 0) is 25.0 Å². The first-order chi connectivity index (χ1) is 9.02. The third-order valence-corrected chi connectivity index (χ3v) is 3.39. The Bertz CT molecular complexity index is 457. The van der Waals surface area contributed by atoms with Crippen molar-refractivity contribution >= 4 is 5.97 Å². The molecule has 2 atom stereocenters. The number of aryl methyl sites for hydroxylation is 1. The second kappa shape index (κ2) is 5.72. The van der Waals surface area contributed by atoms with Crippen LogP contribution in [0.1, 0.15) is 24.5 Å². The summed E-state index contributed by atoms with van der Waals surface area (Å²) in [7, 11) is 1.38. The molecule has 2 rings (SSSR count). The van der Waals surface area contributed by atoms with Gasteiger partial charge in [0.25, 0.3) is 0 Å². The van der Waals surface area contributed by atoms with Crippen LogP contribution in [0.3, 0.4) is 0 Å². The Labute approximate surface area is 113 Å². The Morgan fingerprint density at radius 2 is 2.21 bits per heavy atom. The molecule has 1 aliphatic rings. The number of hydrogen-bond acceptors (Lipinski definition) is 4. The third kappa shape index (κ3) is 3.55. The quantitative estimate of drug-likeness (QED) is 0.782. The van der Waals surface area contributed by atoms with Gasteiger partial charge in [0.05, 0.1) is 26.2 Å². The fourth-order valence-corrected chi connectivity index (χ4v) is 2.31. The zero-order valence-electron chi connectivity index (χ0n) is 11.6. The van der Waals surface area contributed by atoms with Crippen LogP contribution in [0.5, 0.6) is 0 Å². The van der Waals surface area contributed by atoms with E-state index >= 15 is 0 Å². The van der Waals surface area contributed by atoms with Gasteiger partial charge in [-0.25, -0.2) is 0 Å². The van der Waals surface area contributed by atoms with Crippen LogP contribution in [0.15, 0.2) is 24.3 Å². The van der Waals surface area contributed by atoms with Crippen LogP contribution in [0.2, 0.25) is 0 Å². The second-order valence-corrected chi connectivity index (χ2v) is 5.07. The molecule has 0 aromatic heterocycles. The average molecular weight is 264 g/mol. The van der Waals surface area contributed by atoms with Crippen molar-refractivity contribution in [3.8, 4) is 0 Å². The number of hydrogen-bond donors (Lipinski definition) is 0. The Hall–Kier alpha value is -1.39. The molecule has 0 bridgehead atoms. The van der Waals surface area contributed by atoms with E-state index in [4.69, 9.17) is 9.47 Å². The van der Waals surface area contributed by atoms with Gasteiger partial charge in [0.1, 0.15) is 0 Å². The summed E-state index contributed by atoms with van der Waals surface area (Å²) in [6.45, 7) is 4.41. The third-order valence-electron chi connectivity index (χ3n) is 3.39. The van der Waals surface area contributed by atoms with Gasteiger partial charge in [-0.3, -0.25) is 4.79 Å². The standard InChI is InChI=1S/C15H20O4/c1-11-6-4-5-7-12(11)9-15(2)18-10-13(19-15)8-14(16)17-3/h4-7,13H,8-10H2,1-3H3. The molecular formula is C15H20O4. The summed E-state index contributed by atoms with van der Waals surface area (Å²) in [5.74, 6) is -0.932. The van der Waals surface area contributed by atoms with Crippen molar-refractivity contribution < 1.29 is 19.0 Å². The largest absolute Gasteiger partial charge is 0.469 e. The predicted octanol–water partition coefficient (Wildman–Crippen LogP) is 2.23. The first-order valence-corrected chi connectivity index (χ1v) is 6.45. The van der Waals surface area contributed by atoms with Crippen LogP contribution in [-0.2, 0) is 25.4 Å². The fourth-order valence-electron chi connectivity index (χ4n) is 2.31. The van der Waals surface area contributed by atoms with Crippen LogP contribution in [0.25, 0.3) is 0 Å². The van der Waals surface area contributed by atoms with Crippen molar-refractivity contribution in [3.63, 3.8) is 0 Å². The van der Waals surface area contributed by atoms with Gasteiger partial charge >= 0.3 is 5.97 Å². The topological polar surface area (TPSA) is 44.8 Å². The zero-order valence-corrected chi connectivity index (χ0v) is 11.6. The smallest absolute Gasteiger partial charge is 0.308 e. The van der Waals surface area contributed by atoms with Gasteiger partial charge in [-0.2, -0.15) is 0 Å². The monoisotopic (exact) mass is 264 g/mol. The molecule has 1 aliphatic heterocycles. The van der Waals surface area contributed by atoms with E-state index in [-0.39, 0.29) is 18.5 Å². The molecule has 4 nitrogen and oxygen atoms in total. The summed E-state index contributed by atoms with van der Waals surface area (Å²) in [5.41, 5.74) is 2.41. The van der Waals surface area contributed by atoms with E-state index in [0.29, 0.717) is 13.0 Å². The fraction of sp³-hybridized carbons (Fsp3) is 0.533. The van der Waals surface area contributed by atoms with Crippen LogP contribution < -0.4 is 0 Å². The lowest BCUT2D eigenvalue weighted by Crippen LogP contribution is -2.30. The summed E-state index contributed by atoms with van der Waals surface area (Å²) in [6, 6.07) is 8.16. The summed E-state index contributed by atoms with van der Waals surface area (Å²) < 4.78 is 16.2. The lowest BCUT2D eigenvalue weighted by atomic mass is 10.0. The number of ether oxygens (including phenoxy) is 3. The molecule has 19 heavy (non-hydrogen) atoms. The molecule has 1 fully saturated rings. The van der Waals surface area contributed by atoms with Crippen molar-refractivity contribution in [1.29, 1.82) is 0 Å². The maximum Gasteiger partial charge on any atom is 0.308 e. The van der Waals surface area contributed by atoms with Gasteiger partial charge in [-0.1, -0.05) is 24.3 Å². The van der Waals surface area contributed by atoms with Crippen molar-refractivity contribution in [2.24, 2.45) is 0 Å². The molecular weight excluding hydrogens is 244 g/mol. The molecule has 0 spiro atoms. The molecule has 0 aliphatic carbocycles. The molecule has 1 aromatic carbocycles. The first kappa shape index (κ1) is 14.0. The molecule has 1 saturated heterocycles. The maximum absolute atomic E-state index is 11.2. The minimum Gasteiger partial charge on any atom is -0.469 e. The molecule has 0 N–H and O–H groups in total. The SMILES string of the molecule is COC(=O)CC1COC(C)(Cc2ccccc2C)O1. The van der Waals surface area contributed by atoms with Crippen LogP contribution in [-0.4, -0.2) is 31.6 Å². The minimum absolute atomic E-state index is 0.221. The molecule has 1 aromatic rings. The van der Waals surface area contributed by atoms with Gasteiger partial charge in [-0.15, -0.1) is 0 Å². The van der Waals surface area contributed by atoms with Gasteiger partial charge in [0.15, 0.2) is 5.79 Å². The van der Waals surface area contributed by atoms with Crippen LogP contribution >= 0.6 is 0 Å². The number of carbonyl (C=O) groups excluding carboxylic acids is 1. The van der Waals surface area contributed by atoms with Crippen molar-refractivity contribution in [2.75, 3.05) is 13.7 Å². The van der Waals surface area contributed by atoms with E-state index in [0.717, 1.165) is 0 Å². The zero-order chi connectivity index (χ0) is 13.9. The molecule has 0 radical (unpaired) electrons. The Morgan fingerprint density at radius 1 is 1.47 bits per heavy atom. The van der Waals surface area contributed by atoms with Gasteiger partial charge in [0, 0.05) is 6.42 Å². The molecule has 1 heterocycles. The molecule has 4 heteroatoms. The highest BCUT2D eigenvalue weighted by molar-refractivity contribution is 5.69. The lowest BCUT2D eigenvalue weighted by Gasteiger charge is -2.24. The number of rotatable bonds is 4. The van der Waals surface area contributed by atoms with E-state index in [1.54, 1.807) is 0 Å². The van der Waals surface area contributed by atoms with Crippen LogP contribution in [0, 0.1) is 6.92 Å². The lowest BCUT2D eigenvalue weighted by molar-refractivity contribution is -0.159. The number of methoxy groups -OCH3 is 1. The minimum atomic E-state index is -0.662. The van der Waals surface area contributed by atoms with E-state index in [1.165, 1.54) is 18.2 Å². The van der Waals surface area contributed by atoms with Crippen molar-refractivity contribution in [3.05, 3.63) is 35.4 Å². The van der Waals surface area contributed by atoms with E-state index in [1.807, 2.05) is 19.1 Å². The molecule has 0 saturated carbocycles. The first-order valence-electron chi connectivity index (χ1n) is 6.45. The van der Waals surface area contributed by atoms with Crippen LogP contribution in [0.4, 0.5) is 0 Å². The molecule has 2 unspecified atom stereocenters. The summed E-state index contributed by atoms with van der Waals surface area (Å²) in [6.07, 6.45) is 0.693. The molecule has 0 amide bonds. The second-order valence-electron chi connectivity index (χ2n) is 5.07. The number of esters is 1. The summed E-state index contributed by atoms with van der Waals surface area (Å²) in [5, 5.41) is 0. The van der Waals surface area contributed by atoms with E-state index < -0.39 is 5.79 Å². The van der Waals surface area contributed by atoms with E-state index in [9.17, 15) is 4.79 Å². The van der Waals surface area contributed by atoms with Crippen molar-refractivity contribution in [2.45, 2.75) is 38.6 Å². The van der Waals surface area contributed by atoms with Gasteiger partial charge in [0.2, 0.25) is 0 Å². The summed E-state index contributed by atoms with van der Waals surface area (Å²) in [4.78, 5) is 11.2. The Balaban J connectivity index is 1.98. The number of carbonyl (C=O) groups is 1. The molecule has 104 valence electrons. The Kier molecular flexibility index (Phi) is 4.22. The highest BCUT2D eigenvalue weighted by Crippen LogP contribution is 2.29. The number of benzene rings is 1. The summed E-state index contributed by atoms with van der Waals surface area (Å²) >= 11 is 0. The highest BCUT2D eigenvalue weighted by atomic mass is 16.7. The maximum atomic E-state index is 11.2. The highest BCUT2D eigenvalue weighted by Gasteiger charge is 2.38.